The molecule has 0 aliphatic rings. The van der Waals surface area contributed by atoms with E-state index in [1.807, 2.05) is 0 Å². The Kier molecular flexibility index (Phi) is 4.91. The number of aliphatic hydroxyl groups excluding tert-OH is 1. The number of rotatable bonds is 4. The van der Waals surface area contributed by atoms with Gasteiger partial charge in [0, 0.05) is 0 Å². The van der Waals surface area contributed by atoms with Crippen LogP contribution in [0, 0.1) is 0 Å². The van der Waals surface area contributed by atoms with Crippen molar-refractivity contribution in [1.29, 1.82) is 0 Å². The van der Waals surface area contributed by atoms with E-state index in [1.54, 1.807) is 45.0 Å². The normalized spacial score (nSPS) is 14.6. The summed E-state index contributed by atoms with van der Waals surface area (Å²) in [5.74, 6) is -0.0456. The number of carbonyl (C=O) groups is 1. The lowest BCUT2D eigenvalue weighted by Crippen LogP contribution is -2.41. The van der Waals surface area contributed by atoms with Crippen molar-refractivity contribution in [3.8, 4) is 5.75 Å². The number of hydrogen-bond donors (Lipinski definition) is 2. The molecule has 0 spiro atoms. The minimum Gasteiger partial charge on any atom is -0.497 e. The Bertz CT molecular complexity index is 439. The maximum Gasteiger partial charge on any atom is 0.326 e. The second kappa shape index (κ2) is 6.04. The first kappa shape index (κ1) is 15.5. The number of carbonyl (C=O) groups excluding carboxylic acids is 1. The van der Waals surface area contributed by atoms with Crippen molar-refractivity contribution in [2.75, 3.05) is 7.11 Å². The number of methoxy groups -OCH3 is 1. The SMILES string of the molecule is COc1cccc([C@H](O)[C@H](N)C(=O)OC(C)(C)C)c1. The van der Waals surface area contributed by atoms with Crippen molar-refractivity contribution < 1.29 is 19.4 Å². The predicted octanol–water partition coefficient (Wildman–Crippen LogP) is 1.40. The minimum atomic E-state index is -1.13. The van der Waals surface area contributed by atoms with E-state index in [0.717, 1.165) is 0 Å². The van der Waals surface area contributed by atoms with Gasteiger partial charge in [-0.25, -0.2) is 0 Å². The van der Waals surface area contributed by atoms with Crippen LogP contribution in [0.4, 0.5) is 0 Å². The first-order valence-electron chi connectivity index (χ1n) is 6.05. The van der Waals surface area contributed by atoms with Gasteiger partial charge in [0.1, 0.15) is 23.5 Å². The largest absolute Gasteiger partial charge is 0.497 e. The van der Waals surface area contributed by atoms with Gasteiger partial charge >= 0.3 is 5.97 Å². The molecule has 5 heteroatoms. The molecule has 0 saturated heterocycles. The highest BCUT2D eigenvalue weighted by Crippen LogP contribution is 2.22. The lowest BCUT2D eigenvalue weighted by molar-refractivity contribution is -0.159. The molecule has 1 rings (SSSR count). The van der Waals surface area contributed by atoms with Crippen LogP contribution in [-0.2, 0) is 9.53 Å². The number of ether oxygens (including phenoxy) is 2. The van der Waals surface area contributed by atoms with Gasteiger partial charge in [0.15, 0.2) is 0 Å². The van der Waals surface area contributed by atoms with Gasteiger partial charge in [-0.15, -0.1) is 0 Å². The molecule has 106 valence electrons. The molecular formula is C14H21NO4. The second-order valence-electron chi connectivity index (χ2n) is 5.28. The fourth-order valence-corrected chi connectivity index (χ4v) is 1.53. The first-order valence-corrected chi connectivity index (χ1v) is 6.05. The van der Waals surface area contributed by atoms with Crippen molar-refractivity contribution >= 4 is 5.97 Å². The summed E-state index contributed by atoms with van der Waals surface area (Å²) in [6.07, 6.45) is -1.13. The van der Waals surface area contributed by atoms with Gasteiger partial charge in [-0.2, -0.15) is 0 Å². The molecule has 5 nitrogen and oxygen atoms in total. The number of nitrogens with two attached hydrogens (primary N) is 1. The number of aliphatic hydroxyl groups is 1. The Morgan fingerprint density at radius 2 is 2.00 bits per heavy atom. The summed E-state index contributed by atoms with van der Waals surface area (Å²) in [7, 11) is 1.53. The van der Waals surface area contributed by atoms with Crippen molar-refractivity contribution in [2.45, 2.75) is 38.5 Å². The van der Waals surface area contributed by atoms with E-state index >= 15 is 0 Å². The van der Waals surface area contributed by atoms with E-state index in [9.17, 15) is 9.90 Å². The van der Waals surface area contributed by atoms with E-state index in [2.05, 4.69) is 0 Å². The van der Waals surface area contributed by atoms with Crippen LogP contribution in [0.5, 0.6) is 5.75 Å². The standard InChI is InChI=1S/C14H21NO4/c1-14(2,3)19-13(17)11(15)12(16)9-6-5-7-10(8-9)18-4/h5-8,11-12,16H,15H2,1-4H3/t11-,12-/m0/s1. The lowest BCUT2D eigenvalue weighted by atomic mass is 10.0. The molecule has 0 radical (unpaired) electrons. The van der Waals surface area contributed by atoms with Crippen LogP contribution in [0.1, 0.15) is 32.4 Å². The Balaban J connectivity index is 2.81. The van der Waals surface area contributed by atoms with Gasteiger partial charge < -0.3 is 20.3 Å². The Morgan fingerprint density at radius 1 is 1.37 bits per heavy atom. The summed E-state index contributed by atoms with van der Waals surface area (Å²) in [4.78, 5) is 11.8. The summed E-state index contributed by atoms with van der Waals surface area (Å²) < 4.78 is 10.2. The third-order valence-electron chi connectivity index (χ3n) is 2.45. The van der Waals surface area contributed by atoms with E-state index in [0.29, 0.717) is 11.3 Å². The molecule has 0 unspecified atom stereocenters. The van der Waals surface area contributed by atoms with Gasteiger partial charge in [-0.05, 0) is 38.5 Å². The third-order valence-corrected chi connectivity index (χ3v) is 2.45. The summed E-state index contributed by atoms with van der Waals surface area (Å²) in [6.45, 7) is 5.24. The van der Waals surface area contributed by atoms with Crippen LogP contribution >= 0.6 is 0 Å². The quantitative estimate of drug-likeness (QED) is 0.806. The molecule has 1 aromatic rings. The predicted molar refractivity (Wildman–Crippen MR) is 71.8 cm³/mol. The van der Waals surface area contributed by atoms with Crippen LogP contribution in [0.3, 0.4) is 0 Å². The van der Waals surface area contributed by atoms with Gasteiger partial charge in [0.05, 0.1) is 7.11 Å². The highest BCUT2D eigenvalue weighted by atomic mass is 16.6. The average Bonchev–Trinajstić information content (AvgIpc) is 2.35. The van der Waals surface area contributed by atoms with Crippen LogP contribution < -0.4 is 10.5 Å². The van der Waals surface area contributed by atoms with Gasteiger partial charge in [-0.1, -0.05) is 12.1 Å². The van der Waals surface area contributed by atoms with Gasteiger partial charge in [0.2, 0.25) is 0 Å². The van der Waals surface area contributed by atoms with Crippen molar-refractivity contribution in [3.63, 3.8) is 0 Å². The van der Waals surface area contributed by atoms with Gasteiger partial charge in [0.25, 0.3) is 0 Å². The topological polar surface area (TPSA) is 81.8 Å². The van der Waals surface area contributed by atoms with Crippen molar-refractivity contribution in [2.24, 2.45) is 5.73 Å². The molecule has 0 saturated carbocycles. The zero-order valence-corrected chi connectivity index (χ0v) is 11.7. The van der Waals surface area contributed by atoms with E-state index in [-0.39, 0.29) is 0 Å². The Labute approximate surface area is 113 Å². The van der Waals surface area contributed by atoms with Crippen LogP contribution in [0.2, 0.25) is 0 Å². The number of esters is 1. The number of benzene rings is 1. The maximum atomic E-state index is 11.8. The molecule has 0 amide bonds. The highest BCUT2D eigenvalue weighted by Gasteiger charge is 2.29. The molecule has 19 heavy (non-hydrogen) atoms. The highest BCUT2D eigenvalue weighted by molar-refractivity contribution is 5.77. The third kappa shape index (κ3) is 4.54. The molecule has 3 N–H and O–H groups in total. The summed E-state index contributed by atoms with van der Waals surface area (Å²) >= 11 is 0. The molecule has 0 aromatic heterocycles. The van der Waals surface area contributed by atoms with E-state index < -0.39 is 23.7 Å². The molecule has 0 aliphatic carbocycles. The van der Waals surface area contributed by atoms with Crippen molar-refractivity contribution in [1.82, 2.24) is 0 Å². The fraction of sp³-hybridized carbons (Fsp3) is 0.500. The fourth-order valence-electron chi connectivity index (χ4n) is 1.53. The average molecular weight is 267 g/mol. The van der Waals surface area contributed by atoms with Crippen LogP contribution in [0.25, 0.3) is 0 Å². The first-order chi connectivity index (χ1) is 8.74. The smallest absolute Gasteiger partial charge is 0.326 e. The summed E-state index contributed by atoms with van der Waals surface area (Å²) in [5, 5.41) is 10.1. The molecule has 2 atom stereocenters. The Hall–Kier alpha value is -1.59. The molecule has 1 aromatic carbocycles. The second-order valence-corrected chi connectivity index (χ2v) is 5.28. The molecule has 0 bridgehead atoms. The summed E-state index contributed by atoms with van der Waals surface area (Å²) in [5.41, 5.74) is 5.60. The minimum absolute atomic E-state index is 0.512. The van der Waals surface area contributed by atoms with E-state index in [1.165, 1.54) is 7.11 Å². The van der Waals surface area contributed by atoms with Crippen LogP contribution in [-0.4, -0.2) is 29.8 Å². The molecule has 0 heterocycles. The monoisotopic (exact) mass is 267 g/mol. The molecular weight excluding hydrogens is 246 g/mol. The maximum absolute atomic E-state index is 11.8. The zero-order chi connectivity index (χ0) is 14.6. The molecule has 0 aliphatic heterocycles. The lowest BCUT2D eigenvalue weighted by Gasteiger charge is -2.24. The number of hydrogen-bond acceptors (Lipinski definition) is 5. The Morgan fingerprint density at radius 3 is 2.53 bits per heavy atom. The molecule has 0 fully saturated rings. The van der Waals surface area contributed by atoms with Crippen LogP contribution in [0.15, 0.2) is 24.3 Å². The summed E-state index contributed by atoms with van der Waals surface area (Å²) in [6, 6.07) is 5.65. The van der Waals surface area contributed by atoms with Gasteiger partial charge in [-0.3, -0.25) is 4.79 Å². The zero-order valence-electron chi connectivity index (χ0n) is 11.7. The van der Waals surface area contributed by atoms with Crippen molar-refractivity contribution in [3.05, 3.63) is 29.8 Å². The van der Waals surface area contributed by atoms with E-state index in [4.69, 9.17) is 15.2 Å².